The van der Waals surface area contributed by atoms with Crippen molar-refractivity contribution in [2.45, 2.75) is 26.7 Å². The average Bonchev–Trinajstić information content (AvgIpc) is 2.76. The third-order valence-corrected chi connectivity index (χ3v) is 6.35. The Morgan fingerprint density at radius 2 is 1.70 bits per heavy atom. The number of carbonyl (C=O) groups excluding carboxylic acids is 1. The summed E-state index contributed by atoms with van der Waals surface area (Å²) in [7, 11) is 0. The zero-order chi connectivity index (χ0) is 21.5. The summed E-state index contributed by atoms with van der Waals surface area (Å²) in [5, 5.41) is 0.650. The summed E-state index contributed by atoms with van der Waals surface area (Å²) in [6.07, 6.45) is 1.86. The van der Waals surface area contributed by atoms with E-state index < -0.39 is 0 Å². The number of nitrogens with zero attached hydrogens (tertiary/aromatic N) is 2. The summed E-state index contributed by atoms with van der Waals surface area (Å²) >= 11 is 11.7. The lowest BCUT2D eigenvalue weighted by atomic mass is 9.99. The zero-order valence-electron chi connectivity index (χ0n) is 17.8. The molecule has 0 saturated carbocycles. The van der Waals surface area contributed by atoms with Gasteiger partial charge in [0, 0.05) is 49.2 Å². The van der Waals surface area contributed by atoms with Crippen LogP contribution in [0.5, 0.6) is 5.75 Å². The normalized spacial score (nSPS) is 14.7. The van der Waals surface area contributed by atoms with Crippen LogP contribution >= 0.6 is 23.2 Å². The minimum absolute atomic E-state index is 0.0857. The molecule has 1 aliphatic heterocycles. The summed E-state index contributed by atoms with van der Waals surface area (Å²) in [4.78, 5) is 17.0. The molecule has 0 spiro atoms. The SMILES string of the molecule is Cc1c(CCN2CCN(C(=O)c3ccc(Cl)cc3)CC2)ccc(OCCCCl)c1C. The average molecular weight is 449 g/mol. The first kappa shape index (κ1) is 22.9. The fraction of sp³-hybridized carbons (Fsp3) is 0.458. The van der Waals surface area contributed by atoms with E-state index in [-0.39, 0.29) is 5.91 Å². The molecule has 1 aliphatic rings. The lowest BCUT2D eigenvalue weighted by molar-refractivity contribution is 0.0638. The number of piperazine rings is 1. The largest absolute Gasteiger partial charge is 0.493 e. The van der Waals surface area contributed by atoms with Crippen LogP contribution < -0.4 is 4.74 Å². The molecule has 0 aromatic heterocycles. The minimum Gasteiger partial charge on any atom is -0.493 e. The number of rotatable bonds is 8. The number of benzene rings is 2. The molecule has 0 N–H and O–H groups in total. The van der Waals surface area contributed by atoms with E-state index in [9.17, 15) is 4.79 Å². The van der Waals surface area contributed by atoms with Crippen molar-refractivity contribution in [3.63, 3.8) is 0 Å². The molecule has 2 aromatic rings. The number of halogens is 2. The molecule has 1 fully saturated rings. The van der Waals surface area contributed by atoms with Gasteiger partial charge in [-0.05, 0) is 73.7 Å². The maximum atomic E-state index is 12.7. The Morgan fingerprint density at radius 1 is 1.00 bits per heavy atom. The van der Waals surface area contributed by atoms with Crippen molar-refractivity contribution in [1.29, 1.82) is 0 Å². The van der Waals surface area contributed by atoms with Crippen molar-refractivity contribution in [3.8, 4) is 5.75 Å². The van der Waals surface area contributed by atoms with Gasteiger partial charge in [-0.15, -0.1) is 11.6 Å². The molecular formula is C24H30Cl2N2O2. The Kier molecular flexibility index (Phi) is 8.43. The van der Waals surface area contributed by atoms with Gasteiger partial charge in [0.05, 0.1) is 6.61 Å². The van der Waals surface area contributed by atoms with Crippen LogP contribution in [0.4, 0.5) is 0 Å². The second kappa shape index (κ2) is 11.0. The molecule has 30 heavy (non-hydrogen) atoms. The quantitative estimate of drug-likeness (QED) is 0.422. The summed E-state index contributed by atoms with van der Waals surface area (Å²) in [6, 6.07) is 11.4. The molecule has 0 atom stereocenters. The molecule has 3 rings (SSSR count). The number of alkyl halides is 1. The third-order valence-electron chi connectivity index (χ3n) is 5.83. The number of hydrogen-bond acceptors (Lipinski definition) is 3. The number of ether oxygens (including phenoxy) is 1. The molecule has 2 aromatic carbocycles. The number of carbonyl (C=O) groups is 1. The van der Waals surface area contributed by atoms with Gasteiger partial charge in [-0.2, -0.15) is 0 Å². The highest BCUT2D eigenvalue weighted by Gasteiger charge is 2.22. The van der Waals surface area contributed by atoms with E-state index in [1.54, 1.807) is 24.3 Å². The molecule has 0 unspecified atom stereocenters. The van der Waals surface area contributed by atoms with Crippen LogP contribution in [-0.2, 0) is 6.42 Å². The topological polar surface area (TPSA) is 32.8 Å². The predicted molar refractivity (Wildman–Crippen MR) is 124 cm³/mol. The van der Waals surface area contributed by atoms with Crippen LogP contribution in [0.3, 0.4) is 0 Å². The van der Waals surface area contributed by atoms with Crippen molar-refractivity contribution in [2.24, 2.45) is 0 Å². The maximum Gasteiger partial charge on any atom is 0.253 e. The van der Waals surface area contributed by atoms with Crippen molar-refractivity contribution in [1.82, 2.24) is 9.80 Å². The molecule has 0 aliphatic carbocycles. The molecular weight excluding hydrogens is 419 g/mol. The van der Waals surface area contributed by atoms with E-state index in [2.05, 4.69) is 30.9 Å². The zero-order valence-corrected chi connectivity index (χ0v) is 19.3. The van der Waals surface area contributed by atoms with Crippen molar-refractivity contribution in [3.05, 3.63) is 63.7 Å². The van der Waals surface area contributed by atoms with E-state index in [0.717, 1.165) is 51.3 Å². The highest BCUT2D eigenvalue weighted by Crippen LogP contribution is 2.25. The Bertz CT molecular complexity index is 847. The lowest BCUT2D eigenvalue weighted by Gasteiger charge is -2.35. The fourth-order valence-electron chi connectivity index (χ4n) is 3.74. The molecule has 0 bridgehead atoms. The minimum atomic E-state index is 0.0857. The lowest BCUT2D eigenvalue weighted by Crippen LogP contribution is -2.49. The van der Waals surface area contributed by atoms with Gasteiger partial charge in [0.1, 0.15) is 5.75 Å². The van der Waals surface area contributed by atoms with Crippen molar-refractivity contribution in [2.75, 3.05) is 45.2 Å². The van der Waals surface area contributed by atoms with Crippen molar-refractivity contribution < 1.29 is 9.53 Å². The van der Waals surface area contributed by atoms with Crippen LogP contribution in [-0.4, -0.2) is 60.9 Å². The summed E-state index contributed by atoms with van der Waals surface area (Å²) < 4.78 is 5.85. The van der Waals surface area contributed by atoms with Gasteiger partial charge in [-0.25, -0.2) is 0 Å². The van der Waals surface area contributed by atoms with E-state index in [0.29, 0.717) is 23.1 Å². The second-order valence-electron chi connectivity index (χ2n) is 7.75. The van der Waals surface area contributed by atoms with Crippen LogP contribution in [0, 0.1) is 13.8 Å². The predicted octanol–water partition coefficient (Wildman–Crippen LogP) is 4.97. The van der Waals surface area contributed by atoms with Crippen LogP contribution in [0.1, 0.15) is 33.5 Å². The van der Waals surface area contributed by atoms with Crippen LogP contribution in [0.25, 0.3) is 0 Å². The molecule has 1 saturated heterocycles. The van der Waals surface area contributed by atoms with Crippen LogP contribution in [0.2, 0.25) is 5.02 Å². The van der Waals surface area contributed by atoms with E-state index in [4.69, 9.17) is 27.9 Å². The van der Waals surface area contributed by atoms with E-state index in [1.165, 1.54) is 16.7 Å². The van der Waals surface area contributed by atoms with E-state index >= 15 is 0 Å². The Hall–Kier alpha value is -1.75. The monoisotopic (exact) mass is 448 g/mol. The Balaban J connectivity index is 1.49. The second-order valence-corrected chi connectivity index (χ2v) is 8.57. The molecule has 1 heterocycles. The first-order chi connectivity index (χ1) is 14.5. The standard InChI is InChI=1S/C24H30Cl2N2O2/c1-18-19(2)23(30-17-3-11-25)9-6-20(18)10-12-27-13-15-28(16-14-27)24(29)21-4-7-22(26)8-5-21/h4-9H,3,10-17H2,1-2H3. The van der Waals surface area contributed by atoms with Gasteiger partial charge in [-0.3, -0.25) is 9.69 Å². The summed E-state index contributed by atoms with van der Waals surface area (Å²) in [5.74, 6) is 1.66. The van der Waals surface area contributed by atoms with Gasteiger partial charge < -0.3 is 9.64 Å². The molecule has 1 amide bonds. The van der Waals surface area contributed by atoms with Gasteiger partial charge in [0.25, 0.3) is 5.91 Å². The first-order valence-electron chi connectivity index (χ1n) is 10.5. The number of amides is 1. The van der Waals surface area contributed by atoms with Gasteiger partial charge in [0.2, 0.25) is 0 Å². The third kappa shape index (κ3) is 5.90. The Morgan fingerprint density at radius 3 is 2.37 bits per heavy atom. The van der Waals surface area contributed by atoms with Gasteiger partial charge >= 0.3 is 0 Å². The van der Waals surface area contributed by atoms with E-state index in [1.807, 2.05) is 4.90 Å². The first-order valence-corrected chi connectivity index (χ1v) is 11.5. The Labute approximate surface area is 189 Å². The van der Waals surface area contributed by atoms with Gasteiger partial charge in [-0.1, -0.05) is 17.7 Å². The van der Waals surface area contributed by atoms with Gasteiger partial charge in [0.15, 0.2) is 0 Å². The highest BCUT2D eigenvalue weighted by molar-refractivity contribution is 6.30. The maximum absolute atomic E-state index is 12.7. The van der Waals surface area contributed by atoms with Crippen molar-refractivity contribution >= 4 is 29.1 Å². The number of hydrogen-bond donors (Lipinski definition) is 0. The fourth-order valence-corrected chi connectivity index (χ4v) is 3.98. The smallest absolute Gasteiger partial charge is 0.253 e. The summed E-state index contributed by atoms with van der Waals surface area (Å²) in [6.45, 7) is 9.25. The summed E-state index contributed by atoms with van der Waals surface area (Å²) in [5.41, 5.74) is 4.57. The molecule has 0 radical (unpaired) electrons. The highest BCUT2D eigenvalue weighted by atomic mass is 35.5. The molecule has 4 nitrogen and oxygen atoms in total. The molecule has 6 heteroatoms. The van der Waals surface area contributed by atoms with Crippen LogP contribution in [0.15, 0.2) is 36.4 Å². The molecule has 162 valence electrons.